The zero-order valence-electron chi connectivity index (χ0n) is 14.5. The molecule has 1 saturated heterocycles. The number of rotatable bonds is 3. The average Bonchev–Trinajstić information content (AvgIpc) is 3.23. The summed E-state index contributed by atoms with van der Waals surface area (Å²) in [4.78, 5) is 29.8. The highest BCUT2D eigenvalue weighted by molar-refractivity contribution is 5.95. The molecule has 1 aliphatic heterocycles. The second-order valence-electron chi connectivity index (χ2n) is 6.15. The second kappa shape index (κ2) is 6.95. The Morgan fingerprint density at radius 3 is 2.62 bits per heavy atom. The van der Waals surface area contributed by atoms with Crippen LogP contribution >= 0.6 is 0 Å². The van der Waals surface area contributed by atoms with Gasteiger partial charge in [-0.25, -0.2) is 9.97 Å². The van der Waals surface area contributed by atoms with Gasteiger partial charge in [-0.3, -0.25) is 9.78 Å². The van der Waals surface area contributed by atoms with Crippen molar-refractivity contribution in [2.45, 2.75) is 6.92 Å². The van der Waals surface area contributed by atoms with Crippen LogP contribution < -0.4 is 4.90 Å². The molecule has 0 radical (unpaired) electrons. The molecule has 4 heterocycles. The van der Waals surface area contributed by atoms with Crippen LogP contribution in [0.5, 0.6) is 0 Å². The molecular formula is C19H19N5O2. The third kappa shape index (κ3) is 3.28. The molecule has 0 unspecified atom stereocenters. The van der Waals surface area contributed by atoms with Gasteiger partial charge >= 0.3 is 0 Å². The molecule has 1 aliphatic rings. The molecule has 0 saturated carbocycles. The van der Waals surface area contributed by atoms with Crippen LogP contribution in [0.3, 0.4) is 0 Å². The SMILES string of the molecule is Cc1nccc(N2CCN(C(=O)c3ccnc(-c4ccco4)c3)CC2)n1. The maximum absolute atomic E-state index is 12.8. The molecule has 7 nitrogen and oxygen atoms in total. The van der Waals surface area contributed by atoms with Crippen LogP contribution in [-0.4, -0.2) is 51.9 Å². The first-order valence-corrected chi connectivity index (χ1v) is 8.54. The largest absolute Gasteiger partial charge is 0.463 e. The van der Waals surface area contributed by atoms with E-state index in [9.17, 15) is 4.79 Å². The molecule has 3 aromatic heterocycles. The first-order valence-electron chi connectivity index (χ1n) is 8.54. The van der Waals surface area contributed by atoms with Crippen molar-refractivity contribution in [2.75, 3.05) is 31.1 Å². The van der Waals surface area contributed by atoms with Gasteiger partial charge in [-0.15, -0.1) is 0 Å². The summed E-state index contributed by atoms with van der Waals surface area (Å²) in [6.07, 6.45) is 5.01. The van der Waals surface area contributed by atoms with Crippen LogP contribution in [0.2, 0.25) is 0 Å². The van der Waals surface area contributed by atoms with Gasteiger partial charge in [0.15, 0.2) is 5.76 Å². The van der Waals surface area contributed by atoms with Gasteiger partial charge in [-0.1, -0.05) is 0 Å². The lowest BCUT2D eigenvalue weighted by atomic mass is 10.1. The van der Waals surface area contributed by atoms with Gasteiger partial charge in [0.05, 0.1) is 6.26 Å². The zero-order valence-corrected chi connectivity index (χ0v) is 14.5. The zero-order chi connectivity index (χ0) is 17.9. The number of carbonyl (C=O) groups is 1. The summed E-state index contributed by atoms with van der Waals surface area (Å²) >= 11 is 0. The molecule has 0 N–H and O–H groups in total. The number of amides is 1. The summed E-state index contributed by atoms with van der Waals surface area (Å²) < 4.78 is 5.37. The van der Waals surface area contributed by atoms with Crippen molar-refractivity contribution in [3.63, 3.8) is 0 Å². The first-order chi connectivity index (χ1) is 12.7. The van der Waals surface area contributed by atoms with Gasteiger partial charge in [0.25, 0.3) is 5.91 Å². The van der Waals surface area contributed by atoms with Crippen molar-refractivity contribution in [2.24, 2.45) is 0 Å². The van der Waals surface area contributed by atoms with Crippen LogP contribution in [-0.2, 0) is 0 Å². The number of carbonyl (C=O) groups excluding carboxylic acids is 1. The quantitative estimate of drug-likeness (QED) is 0.723. The fourth-order valence-corrected chi connectivity index (χ4v) is 3.06. The van der Waals surface area contributed by atoms with Crippen LogP contribution in [0, 0.1) is 6.92 Å². The van der Waals surface area contributed by atoms with E-state index in [0.29, 0.717) is 30.1 Å². The maximum Gasteiger partial charge on any atom is 0.254 e. The Morgan fingerprint density at radius 1 is 1.08 bits per heavy atom. The Bertz CT molecular complexity index is 902. The van der Waals surface area contributed by atoms with Gasteiger partial charge in [-0.05, 0) is 37.3 Å². The lowest BCUT2D eigenvalue weighted by molar-refractivity contribution is 0.0746. The Balaban J connectivity index is 1.45. The molecule has 132 valence electrons. The predicted octanol–water partition coefficient (Wildman–Crippen LogP) is 2.40. The van der Waals surface area contributed by atoms with E-state index in [1.807, 2.05) is 24.0 Å². The third-order valence-electron chi connectivity index (χ3n) is 4.43. The standard InChI is InChI=1S/C19H19N5O2/c1-14-20-7-5-18(22-14)23-8-10-24(11-9-23)19(25)15-4-6-21-16(13-15)17-3-2-12-26-17/h2-7,12-13H,8-11H2,1H3. The van der Waals surface area contributed by atoms with Gasteiger partial charge < -0.3 is 14.2 Å². The monoisotopic (exact) mass is 349 g/mol. The maximum atomic E-state index is 12.8. The average molecular weight is 349 g/mol. The van der Waals surface area contributed by atoms with Crippen LogP contribution in [0.4, 0.5) is 5.82 Å². The lowest BCUT2D eigenvalue weighted by Gasteiger charge is -2.35. The molecule has 0 spiro atoms. The second-order valence-corrected chi connectivity index (χ2v) is 6.15. The van der Waals surface area contributed by atoms with E-state index in [0.717, 1.165) is 24.7 Å². The highest BCUT2D eigenvalue weighted by Gasteiger charge is 2.23. The molecule has 0 bridgehead atoms. The van der Waals surface area contributed by atoms with Gasteiger partial charge in [0.2, 0.25) is 0 Å². The number of nitrogens with zero attached hydrogens (tertiary/aromatic N) is 5. The van der Waals surface area contributed by atoms with Crippen molar-refractivity contribution in [1.82, 2.24) is 19.9 Å². The molecule has 0 atom stereocenters. The first kappa shape index (κ1) is 16.3. The molecule has 1 fully saturated rings. The van der Waals surface area contributed by atoms with Crippen LogP contribution in [0.15, 0.2) is 53.4 Å². The number of anilines is 1. The van der Waals surface area contributed by atoms with E-state index < -0.39 is 0 Å². The number of aromatic nitrogens is 3. The Morgan fingerprint density at radius 2 is 1.88 bits per heavy atom. The van der Waals surface area contributed by atoms with Crippen LogP contribution in [0.1, 0.15) is 16.2 Å². The molecule has 1 amide bonds. The highest BCUT2D eigenvalue weighted by Crippen LogP contribution is 2.20. The Labute approximate surface area is 151 Å². The van der Waals surface area contributed by atoms with Crippen molar-refractivity contribution >= 4 is 11.7 Å². The Kier molecular flexibility index (Phi) is 4.35. The number of hydrogen-bond donors (Lipinski definition) is 0. The smallest absolute Gasteiger partial charge is 0.254 e. The molecular weight excluding hydrogens is 330 g/mol. The highest BCUT2D eigenvalue weighted by atomic mass is 16.3. The fourth-order valence-electron chi connectivity index (χ4n) is 3.06. The number of piperazine rings is 1. The van der Waals surface area contributed by atoms with E-state index in [2.05, 4.69) is 19.9 Å². The van der Waals surface area contributed by atoms with E-state index in [1.54, 1.807) is 36.9 Å². The number of hydrogen-bond acceptors (Lipinski definition) is 6. The van der Waals surface area contributed by atoms with Gasteiger partial charge in [0, 0.05) is 44.1 Å². The molecule has 4 rings (SSSR count). The van der Waals surface area contributed by atoms with E-state index in [4.69, 9.17) is 4.42 Å². The van der Waals surface area contributed by atoms with Crippen molar-refractivity contribution in [3.8, 4) is 11.5 Å². The number of aryl methyl sites for hydroxylation is 1. The lowest BCUT2D eigenvalue weighted by Crippen LogP contribution is -2.49. The molecule has 0 aromatic carbocycles. The summed E-state index contributed by atoms with van der Waals surface area (Å²) in [5.41, 5.74) is 1.29. The van der Waals surface area contributed by atoms with Gasteiger partial charge in [-0.2, -0.15) is 0 Å². The minimum Gasteiger partial charge on any atom is -0.463 e. The third-order valence-corrected chi connectivity index (χ3v) is 4.43. The van der Waals surface area contributed by atoms with E-state index >= 15 is 0 Å². The molecule has 26 heavy (non-hydrogen) atoms. The van der Waals surface area contributed by atoms with E-state index in [1.165, 1.54) is 0 Å². The Hall–Kier alpha value is -3.22. The van der Waals surface area contributed by atoms with Crippen molar-refractivity contribution in [3.05, 3.63) is 60.4 Å². The molecule has 3 aromatic rings. The summed E-state index contributed by atoms with van der Waals surface area (Å²) in [7, 11) is 0. The normalized spacial score (nSPS) is 14.5. The minimum absolute atomic E-state index is 0.0127. The minimum atomic E-state index is 0.0127. The molecule has 0 aliphatic carbocycles. The van der Waals surface area contributed by atoms with Gasteiger partial charge in [0.1, 0.15) is 17.3 Å². The fraction of sp³-hybridized carbons (Fsp3) is 0.263. The summed E-state index contributed by atoms with van der Waals surface area (Å²) in [6.45, 7) is 4.68. The van der Waals surface area contributed by atoms with Crippen molar-refractivity contribution in [1.29, 1.82) is 0 Å². The number of furan rings is 1. The topological polar surface area (TPSA) is 75.4 Å². The number of pyridine rings is 1. The predicted molar refractivity (Wildman–Crippen MR) is 96.8 cm³/mol. The van der Waals surface area contributed by atoms with Crippen LogP contribution in [0.25, 0.3) is 11.5 Å². The summed E-state index contributed by atoms with van der Waals surface area (Å²) in [5.74, 6) is 2.33. The molecule has 7 heteroatoms. The van der Waals surface area contributed by atoms with E-state index in [-0.39, 0.29) is 5.91 Å². The van der Waals surface area contributed by atoms with Crippen molar-refractivity contribution < 1.29 is 9.21 Å². The summed E-state index contributed by atoms with van der Waals surface area (Å²) in [6, 6.07) is 9.07. The summed E-state index contributed by atoms with van der Waals surface area (Å²) in [5, 5.41) is 0.